The van der Waals surface area contributed by atoms with Crippen LogP contribution in [0.3, 0.4) is 0 Å². The maximum atomic E-state index is 12.6. The van der Waals surface area contributed by atoms with E-state index in [0.29, 0.717) is 6.42 Å². The molecule has 0 saturated carbocycles. The molecule has 0 aromatic carbocycles. The van der Waals surface area contributed by atoms with Crippen molar-refractivity contribution in [3.05, 3.63) is 48.6 Å². The first-order chi connectivity index (χ1) is 26.6. The number of unbranched alkanes of at least 4 members (excludes halogenated alkanes) is 10. The Kier molecular flexibility index (Phi) is 33.8. The largest absolute Gasteiger partial charge is 0.472 e. The minimum absolute atomic E-state index is 0.0974. The molecule has 0 aliphatic rings. The van der Waals surface area contributed by atoms with E-state index in [1.54, 1.807) is 12.2 Å². The topological polar surface area (TPSA) is 216 Å². The highest BCUT2D eigenvalue weighted by Gasteiger charge is 2.28. The number of ether oxygens (including phenoxy) is 2. The summed E-state index contributed by atoms with van der Waals surface area (Å²) in [6.45, 7) is 3.74. The van der Waals surface area contributed by atoms with Gasteiger partial charge in [0.05, 0.1) is 25.9 Å². The van der Waals surface area contributed by atoms with E-state index in [2.05, 4.69) is 54.1 Å². The lowest BCUT2D eigenvalue weighted by atomic mass is 10.0. The van der Waals surface area contributed by atoms with Gasteiger partial charge in [-0.15, -0.1) is 0 Å². The predicted molar refractivity (Wildman–Crippen MR) is 217 cm³/mol. The van der Waals surface area contributed by atoms with Gasteiger partial charge < -0.3 is 34.4 Å². The van der Waals surface area contributed by atoms with Gasteiger partial charge in [0, 0.05) is 12.8 Å². The monoisotopic (exact) mass is 838 g/mol. The van der Waals surface area contributed by atoms with Gasteiger partial charge in [-0.05, 0) is 50.9 Å². The number of hydrogen-bond donors (Lipinski definition) is 5. The molecule has 16 heteroatoms. The van der Waals surface area contributed by atoms with Crippen LogP contribution in [-0.2, 0) is 41.8 Å². The van der Waals surface area contributed by atoms with Crippen LogP contribution < -0.4 is 0 Å². The van der Waals surface area contributed by atoms with E-state index >= 15 is 0 Å². The smallest absolute Gasteiger partial charge is 0.462 e. The van der Waals surface area contributed by atoms with E-state index in [1.807, 2.05) is 12.2 Å². The summed E-state index contributed by atoms with van der Waals surface area (Å²) in [5.74, 6) is -0.507. The average Bonchev–Trinajstić information content (AvgIpc) is 3.13. The molecular weight excluding hydrogens is 766 g/mol. The van der Waals surface area contributed by atoms with Crippen molar-refractivity contribution in [1.29, 1.82) is 0 Å². The Morgan fingerprint density at radius 2 is 1.21 bits per heavy atom. The zero-order chi connectivity index (χ0) is 41.9. The predicted octanol–water partition coefficient (Wildman–Crippen LogP) is 8.72. The second-order valence-electron chi connectivity index (χ2n) is 14.2. The maximum absolute atomic E-state index is 12.6. The molecule has 0 fully saturated rings. The molecule has 5 N–H and O–H groups in total. The van der Waals surface area contributed by atoms with Crippen molar-refractivity contribution in [2.45, 2.75) is 161 Å². The molecule has 0 rings (SSSR count). The van der Waals surface area contributed by atoms with Crippen LogP contribution in [0.4, 0.5) is 0 Å². The van der Waals surface area contributed by atoms with Gasteiger partial charge in [-0.1, -0.05) is 134 Å². The fourth-order valence-electron chi connectivity index (χ4n) is 5.10. The van der Waals surface area contributed by atoms with Crippen LogP contribution in [0.2, 0.25) is 0 Å². The minimum atomic E-state index is -4.88. The van der Waals surface area contributed by atoms with Gasteiger partial charge in [0.15, 0.2) is 6.10 Å². The Bertz CT molecular complexity index is 1210. The van der Waals surface area contributed by atoms with Crippen LogP contribution in [0.25, 0.3) is 0 Å². The Balaban J connectivity index is 4.77. The lowest BCUT2D eigenvalue weighted by molar-refractivity contribution is -0.161. The summed E-state index contributed by atoms with van der Waals surface area (Å²) < 4.78 is 47.5. The molecule has 0 heterocycles. The van der Waals surface area contributed by atoms with Crippen LogP contribution in [0.15, 0.2) is 48.6 Å². The number of phosphoric ester groups is 2. The lowest BCUT2D eigenvalue weighted by Gasteiger charge is -2.20. The van der Waals surface area contributed by atoms with E-state index in [9.17, 15) is 33.8 Å². The van der Waals surface area contributed by atoms with E-state index in [1.165, 1.54) is 44.9 Å². The molecule has 14 nitrogen and oxygen atoms in total. The lowest BCUT2D eigenvalue weighted by Crippen LogP contribution is -2.30. The van der Waals surface area contributed by atoms with Gasteiger partial charge in [0.2, 0.25) is 0 Å². The van der Waals surface area contributed by atoms with Crippen LogP contribution in [0.5, 0.6) is 0 Å². The van der Waals surface area contributed by atoms with Gasteiger partial charge in [0.1, 0.15) is 12.7 Å². The molecule has 0 amide bonds. The zero-order valence-corrected chi connectivity index (χ0v) is 35.8. The Labute approximate surface area is 335 Å². The number of rotatable bonds is 37. The molecule has 0 bridgehead atoms. The fourth-order valence-corrected chi connectivity index (χ4v) is 6.26. The molecular formula is C40H72O14P2. The molecule has 0 radical (unpaired) electrons. The highest BCUT2D eigenvalue weighted by molar-refractivity contribution is 7.47. The summed E-state index contributed by atoms with van der Waals surface area (Å²) in [6.07, 6.45) is 28.8. The van der Waals surface area contributed by atoms with E-state index in [-0.39, 0.29) is 25.7 Å². The van der Waals surface area contributed by atoms with Crippen LogP contribution >= 0.6 is 15.6 Å². The molecule has 0 aromatic rings. The van der Waals surface area contributed by atoms with Crippen molar-refractivity contribution < 1.29 is 66.7 Å². The number of esters is 2. The molecule has 0 aliphatic carbocycles. The van der Waals surface area contributed by atoms with Crippen molar-refractivity contribution in [1.82, 2.24) is 0 Å². The van der Waals surface area contributed by atoms with Crippen LogP contribution in [0.1, 0.15) is 143 Å². The van der Waals surface area contributed by atoms with Gasteiger partial charge >= 0.3 is 27.6 Å². The summed E-state index contributed by atoms with van der Waals surface area (Å²) in [6, 6.07) is 0. The molecule has 0 aromatic heterocycles. The first-order valence-corrected chi connectivity index (χ1v) is 23.3. The maximum Gasteiger partial charge on any atom is 0.472 e. The molecule has 0 spiro atoms. The summed E-state index contributed by atoms with van der Waals surface area (Å²) in [5, 5.41) is 20.0. The van der Waals surface area contributed by atoms with Crippen molar-refractivity contribution >= 4 is 27.6 Å². The number of hydrogen-bond acceptors (Lipinski definition) is 11. The molecule has 0 saturated heterocycles. The third-order valence-corrected chi connectivity index (χ3v) is 9.68. The number of allylic oxidation sites excluding steroid dienone is 7. The third kappa shape index (κ3) is 38.9. The van der Waals surface area contributed by atoms with E-state index < -0.39 is 72.3 Å². The number of phosphoric acid groups is 2. The van der Waals surface area contributed by atoms with E-state index in [0.717, 1.165) is 50.9 Å². The summed E-state index contributed by atoms with van der Waals surface area (Å²) in [4.78, 5) is 52.5. The highest BCUT2D eigenvalue weighted by atomic mass is 31.2. The number of carbonyl (C=O) groups excluding carboxylic acids is 2. The molecule has 326 valence electrons. The Hall–Kier alpha value is -1.96. The van der Waals surface area contributed by atoms with Crippen molar-refractivity contribution in [3.63, 3.8) is 0 Å². The first-order valence-electron chi connectivity index (χ1n) is 20.3. The molecule has 0 aliphatic heterocycles. The number of aliphatic hydroxyl groups excluding tert-OH is 2. The number of carbonyl (C=O) groups is 2. The van der Waals surface area contributed by atoms with Crippen molar-refractivity contribution in [2.75, 3.05) is 26.4 Å². The van der Waals surface area contributed by atoms with Gasteiger partial charge in [0.25, 0.3) is 0 Å². The Morgan fingerprint density at radius 1 is 0.625 bits per heavy atom. The van der Waals surface area contributed by atoms with Crippen LogP contribution in [-0.4, -0.2) is 81.6 Å². The summed E-state index contributed by atoms with van der Waals surface area (Å²) in [5.41, 5.74) is 0. The minimum Gasteiger partial charge on any atom is -0.462 e. The number of aliphatic hydroxyl groups is 2. The SMILES string of the molecule is CCCCC/C=C\C/C=C\C/C=C\C=C\[C@H](O)CCCC(=O)O[C@H](COC(=O)CCCCCCCCCCC(C)C)COP(=O)(O)OC[C@@H](O)COP(=O)(O)O. The van der Waals surface area contributed by atoms with Crippen molar-refractivity contribution in [3.8, 4) is 0 Å². The van der Waals surface area contributed by atoms with Gasteiger partial charge in [-0.25, -0.2) is 9.13 Å². The molecule has 1 unspecified atom stereocenters. The van der Waals surface area contributed by atoms with Crippen LogP contribution in [0, 0.1) is 5.92 Å². The van der Waals surface area contributed by atoms with Gasteiger partial charge in [-0.3, -0.25) is 23.2 Å². The Morgan fingerprint density at radius 3 is 1.88 bits per heavy atom. The van der Waals surface area contributed by atoms with Gasteiger partial charge in [-0.2, -0.15) is 0 Å². The second-order valence-corrected chi connectivity index (χ2v) is 16.9. The third-order valence-electron chi connectivity index (χ3n) is 8.24. The summed E-state index contributed by atoms with van der Waals surface area (Å²) >= 11 is 0. The highest BCUT2D eigenvalue weighted by Crippen LogP contribution is 2.43. The average molecular weight is 839 g/mol. The van der Waals surface area contributed by atoms with Crippen molar-refractivity contribution in [2.24, 2.45) is 5.92 Å². The normalized spacial score (nSPS) is 15.3. The quantitative estimate of drug-likeness (QED) is 0.0130. The zero-order valence-electron chi connectivity index (χ0n) is 34.0. The first kappa shape index (κ1) is 54.0. The fraction of sp³-hybridized carbons (Fsp3) is 0.750. The standard InChI is InChI=1S/C40H72O14P2/c1-4-5-6-7-8-9-10-11-12-13-17-20-23-27-36(41)28-25-30-40(44)54-38(34-53-56(48,49)52-32-37(42)31-51-55(45,46)47)33-50-39(43)29-24-21-18-15-14-16-19-22-26-35(2)3/h8-9,11-12,17,20,23,27,35-38,41-42H,4-7,10,13-16,18-19,21-22,24-26,28-34H2,1-3H3,(H,48,49)(H2,45,46,47)/b9-8-,12-11-,20-17-,27-23+/t36-,37-,38+/m0/s1. The van der Waals surface area contributed by atoms with E-state index in [4.69, 9.17) is 23.8 Å². The molecule has 4 atom stereocenters. The summed E-state index contributed by atoms with van der Waals surface area (Å²) in [7, 11) is -9.74. The second kappa shape index (κ2) is 35.0. The molecule has 56 heavy (non-hydrogen) atoms.